The Morgan fingerprint density at radius 1 is 0.592 bits per heavy atom. The average molecular weight is 626 g/mol. The van der Waals surface area contributed by atoms with E-state index in [-0.39, 0.29) is 0 Å². The normalized spacial score (nSPS) is 12.7. The standard InChI is InChI=1S/C46H31N3/c1-3-4-12-34-29(2)18-25-38-36-14-7-9-16-41(36)48(45(34)38)33-23-19-30(20-24-33)32-22-27-42-39(28-32)37-26-21-31-11-5-6-13-35(31)44(37)46-47-40-15-8-10-17-43(40)49(42)46/h3-28H,2H2,1H3/b4-3-,34-12+. The van der Waals surface area contributed by atoms with Gasteiger partial charge in [-0.05, 0) is 81.9 Å². The molecule has 230 valence electrons. The Morgan fingerprint density at radius 3 is 2.18 bits per heavy atom. The zero-order valence-electron chi connectivity index (χ0n) is 27.1. The van der Waals surface area contributed by atoms with E-state index < -0.39 is 0 Å². The van der Waals surface area contributed by atoms with E-state index in [1.54, 1.807) is 0 Å². The molecule has 0 amide bonds. The molecule has 0 atom stereocenters. The fraction of sp³-hybridized carbons (Fsp3) is 0.0217. The topological polar surface area (TPSA) is 22.2 Å². The molecule has 10 aromatic rings. The zero-order chi connectivity index (χ0) is 32.6. The van der Waals surface area contributed by atoms with Crippen molar-refractivity contribution < 1.29 is 0 Å². The number of hydrogen-bond donors (Lipinski definition) is 0. The van der Waals surface area contributed by atoms with Crippen LogP contribution >= 0.6 is 0 Å². The van der Waals surface area contributed by atoms with E-state index in [1.165, 1.54) is 59.9 Å². The highest BCUT2D eigenvalue weighted by molar-refractivity contribution is 6.23. The van der Waals surface area contributed by atoms with Crippen LogP contribution in [0.3, 0.4) is 0 Å². The number of aromatic nitrogens is 3. The predicted molar refractivity (Wildman–Crippen MR) is 209 cm³/mol. The molecular weight excluding hydrogens is 595 g/mol. The fourth-order valence-corrected chi connectivity index (χ4v) is 7.88. The Hall–Kier alpha value is -6.45. The maximum atomic E-state index is 5.18. The van der Waals surface area contributed by atoms with Crippen LogP contribution in [0.2, 0.25) is 0 Å². The van der Waals surface area contributed by atoms with Crippen molar-refractivity contribution in [3.8, 4) is 16.8 Å². The van der Waals surface area contributed by atoms with Gasteiger partial charge in [0.05, 0.1) is 27.6 Å². The number of fused-ring (bicyclic) bond motifs is 13. The zero-order valence-corrected chi connectivity index (χ0v) is 27.1. The van der Waals surface area contributed by atoms with Gasteiger partial charge in [0.25, 0.3) is 0 Å². The number of pyridine rings is 1. The van der Waals surface area contributed by atoms with Crippen molar-refractivity contribution >= 4 is 83.6 Å². The van der Waals surface area contributed by atoms with Crippen LogP contribution in [0.4, 0.5) is 0 Å². The predicted octanol–water partition coefficient (Wildman–Crippen LogP) is 10.5. The highest BCUT2D eigenvalue weighted by atomic mass is 15.0. The van der Waals surface area contributed by atoms with Gasteiger partial charge in [0.15, 0.2) is 0 Å². The van der Waals surface area contributed by atoms with Crippen molar-refractivity contribution in [1.29, 1.82) is 0 Å². The Kier molecular flexibility index (Phi) is 5.94. The van der Waals surface area contributed by atoms with Crippen LogP contribution in [-0.2, 0) is 0 Å². The largest absolute Gasteiger partial charge is 0.309 e. The van der Waals surface area contributed by atoms with Crippen LogP contribution in [0.1, 0.15) is 6.92 Å². The summed E-state index contributed by atoms with van der Waals surface area (Å²) in [6.45, 7) is 6.44. The molecule has 3 aromatic heterocycles. The first-order chi connectivity index (χ1) is 24.2. The van der Waals surface area contributed by atoms with E-state index in [0.717, 1.165) is 38.3 Å². The smallest absolute Gasteiger partial charge is 0.147 e. The quantitative estimate of drug-likeness (QED) is 0.179. The molecule has 49 heavy (non-hydrogen) atoms. The second-order valence-corrected chi connectivity index (χ2v) is 12.8. The number of rotatable bonds is 3. The summed E-state index contributed by atoms with van der Waals surface area (Å²) < 4.78 is 4.73. The minimum Gasteiger partial charge on any atom is -0.309 e. The average Bonchev–Trinajstić information content (AvgIpc) is 3.71. The molecule has 3 nitrogen and oxygen atoms in total. The number of allylic oxidation sites excluding steroid dienone is 2. The third-order valence-corrected chi connectivity index (χ3v) is 10.1. The molecular formula is C46H31N3. The van der Waals surface area contributed by atoms with Crippen molar-refractivity contribution in [2.75, 3.05) is 0 Å². The maximum Gasteiger partial charge on any atom is 0.147 e. The Balaban J connectivity index is 1.21. The van der Waals surface area contributed by atoms with Gasteiger partial charge < -0.3 is 4.57 Å². The highest BCUT2D eigenvalue weighted by Gasteiger charge is 2.17. The molecule has 0 aliphatic heterocycles. The second kappa shape index (κ2) is 10.5. The molecule has 0 saturated carbocycles. The SMILES string of the molecule is C=c1ccc2c3ccccc3n(-c3ccc(-c4ccc5c(c4)c4ccc6ccccc6c4c4nc6ccccc6n54)cc3)c2/c1=C/C=C\C. The van der Waals surface area contributed by atoms with E-state index in [9.17, 15) is 0 Å². The Morgan fingerprint density at radius 2 is 1.33 bits per heavy atom. The first kappa shape index (κ1) is 27.6. The van der Waals surface area contributed by atoms with Gasteiger partial charge in [-0.2, -0.15) is 0 Å². The summed E-state index contributed by atoms with van der Waals surface area (Å²) in [5.41, 5.74) is 10.1. The molecule has 0 bridgehead atoms. The molecule has 0 aliphatic carbocycles. The summed E-state index contributed by atoms with van der Waals surface area (Å²) in [7, 11) is 0. The van der Waals surface area contributed by atoms with E-state index in [0.29, 0.717) is 0 Å². The van der Waals surface area contributed by atoms with Gasteiger partial charge >= 0.3 is 0 Å². The lowest BCUT2D eigenvalue weighted by molar-refractivity contribution is 1.17. The second-order valence-electron chi connectivity index (χ2n) is 12.8. The van der Waals surface area contributed by atoms with E-state index in [4.69, 9.17) is 4.98 Å². The highest BCUT2D eigenvalue weighted by Crippen LogP contribution is 2.38. The summed E-state index contributed by atoms with van der Waals surface area (Å²) in [6.07, 6.45) is 6.34. The number of imidazole rings is 1. The number of nitrogens with zero attached hydrogens (tertiary/aromatic N) is 3. The summed E-state index contributed by atoms with van der Waals surface area (Å²) >= 11 is 0. The molecule has 0 saturated heterocycles. The van der Waals surface area contributed by atoms with Crippen molar-refractivity contribution in [3.05, 3.63) is 162 Å². The van der Waals surface area contributed by atoms with E-state index in [1.807, 2.05) is 6.92 Å². The first-order valence-corrected chi connectivity index (χ1v) is 16.8. The van der Waals surface area contributed by atoms with E-state index in [2.05, 4.69) is 173 Å². The summed E-state index contributed by atoms with van der Waals surface area (Å²) in [5, 5.41) is 10.7. The van der Waals surface area contributed by atoms with E-state index >= 15 is 0 Å². The van der Waals surface area contributed by atoms with Gasteiger partial charge in [0, 0.05) is 32.5 Å². The monoisotopic (exact) mass is 625 g/mol. The molecule has 7 aromatic carbocycles. The van der Waals surface area contributed by atoms with Crippen LogP contribution in [-0.4, -0.2) is 14.0 Å². The Bertz CT molecular complexity index is 3120. The van der Waals surface area contributed by atoms with Crippen LogP contribution in [0.15, 0.2) is 152 Å². The van der Waals surface area contributed by atoms with Crippen molar-refractivity contribution in [3.63, 3.8) is 0 Å². The summed E-state index contributed by atoms with van der Waals surface area (Å²) in [6, 6.07) is 50.5. The molecule has 3 heteroatoms. The van der Waals surface area contributed by atoms with Crippen LogP contribution in [0.25, 0.3) is 100 Å². The number of hydrogen-bond acceptors (Lipinski definition) is 1. The fourth-order valence-electron chi connectivity index (χ4n) is 7.88. The third-order valence-electron chi connectivity index (χ3n) is 10.1. The van der Waals surface area contributed by atoms with Gasteiger partial charge in [0.1, 0.15) is 5.65 Å². The lowest BCUT2D eigenvalue weighted by Gasteiger charge is -2.14. The van der Waals surface area contributed by atoms with Gasteiger partial charge in [-0.15, -0.1) is 0 Å². The van der Waals surface area contributed by atoms with Crippen molar-refractivity contribution in [2.24, 2.45) is 0 Å². The summed E-state index contributed by atoms with van der Waals surface area (Å²) in [4.78, 5) is 5.18. The lowest BCUT2D eigenvalue weighted by atomic mass is 9.97. The third kappa shape index (κ3) is 3.99. The Labute approximate surface area is 282 Å². The minimum absolute atomic E-state index is 1.00. The summed E-state index contributed by atoms with van der Waals surface area (Å²) in [5.74, 6) is 0. The number of para-hydroxylation sites is 3. The molecule has 0 fully saturated rings. The molecule has 0 aliphatic rings. The van der Waals surface area contributed by atoms with Crippen LogP contribution in [0, 0.1) is 0 Å². The van der Waals surface area contributed by atoms with Crippen molar-refractivity contribution in [1.82, 2.24) is 14.0 Å². The van der Waals surface area contributed by atoms with Crippen molar-refractivity contribution in [2.45, 2.75) is 6.92 Å². The van der Waals surface area contributed by atoms with Crippen LogP contribution in [0.5, 0.6) is 0 Å². The molecule has 0 radical (unpaired) electrons. The molecule has 10 rings (SSSR count). The van der Waals surface area contributed by atoms with Crippen LogP contribution < -0.4 is 10.4 Å². The number of benzene rings is 7. The molecule has 0 spiro atoms. The van der Waals surface area contributed by atoms with Gasteiger partial charge in [0.2, 0.25) is 0 Å². The molecule has 0 N–H and O–H groups in total. The minimum atomic E-state index is 1.00. The molecule has 0 unspecified atom stereocenters. The van der Waals surface area contributed by atoms with Gasteiger partial charge in [-0.25, -0.2) is 4.98 Å². The first-order valence-electron chi connectivity index (χ1n) is 16.8. The van der Waals surface area contributed by atoms with Gasteiger partial charge in [-0.1, -0.05) is 122 Å². The lowest BCUT2D eigenvalue weighted by Crippen LogP contribution is -2.24. The molecule has 3 heterocycles. The van der Waals surface area contributed by atoms with Gasteiger partial charge in [-0.3, -0.25) is 4.40 Å². The maximum absolute atomic E-state index is 5.18.